The van der Waals surface area contributed by atoms with Crippen LogP contribution in [-0.4, -0.2) is 20.1 Å². The van der Waals surface area contributed by atoms with Crippen LogP contribution in [0.3, 0.4) is 0 Å². The molecule has 2 heterocycles. The average Bonchev–Trinajstić information content (AvgIpc) is 3.17. The minimum absolute atomic E-state index is 0.584. The highest BCUT2D eigenvalue weighted by atomic mass is 16.5. The molecule has 0 amide bonds. The summed E-state index contributed by atoms with van der Waals surface area (Å²) in [5, 5.41) is 3.81. The summed E-state index contributed by atoms with van der Waals surface area (Å²) in [5.74, 6) is 1.44. The van der Waals surface area contributed by atoms with Gasteiger partial charge in [-0.1, -0.05) is 41.6 Å². The molecule has 0 spiro atoms. The van der Waals surface area contributed by atoms with Gasteiger partial charge in [0.25, 0.3) is 0 Å². The quantitative estimate of drug-likeness (QED) is 0.602. The van der Waals surface area contributed by atoms with E-state index in [-0.39, 0.29) is 0 Å². The lowest BCUT2D eigenvalue weighted by Crippen LogP contribution is -1.83. The van der Waals surface area contributed by atoms with Crippen LogP contribution < -0.4 is 0 Å². The Kier molecular flexibility index (Phi) is 2.35. The SMILES string of the molecule is c1ccc2[nH]c(-c3ccc(-c4ncon4)cc3)nc2c1. The molecule has 0 saturated heterocycles. The smallest absolute Gasteiger partial charge is 0.214 e. The first-order valence-electron chi connectivity index (χ1n) is 6.22. The number of aromatic nitrogens is 4. The molecular weight excluding hydrogens is 252 g/mol. The monoisotopic (exact) mass is 262 g/mol. The maximum atomic E-state index is 4.74. The Balaban J connectivity index is 1.75. The Labute approximate surface area is 114 Å². The molecule has 0 fully saturated rings. The minimum atomic E-state index is 0.584. The van der Waals surface area contributed by atoms with E-state index in [9.17, 15) is 0 Å². The molecule has 96 valence electrons. The highest BCUT2D eigenvalue weighted by Gasteiger charge is 2.06. The molecule has 0 aliphatic heterocycles. The summed E-state index contributed by atoms with van der Waals surface area (Å²) in [5.41, 5.74) is 3.93. The predicted octanol–water partition coefficient (Wildman–Crippen LogP) is 3.28. The second-order valence-electron chi connectivity index (χ2n) is 4.43. The topological polar surface area (TPSA) is 67.6 Å². The van der Waals surface area contributed by atoms with Crippen molar-refractivity contribution in [3.63, 3.8) is 0 Å². The number of benzene rings is 2. The summed E-state index contributed by atoms with van der Waals surface area (Å²) < 4.78 is 4.74. The molecule has 0 saturated carbocycles. The van der Waals surface area contributed by atoms with Crippen LogP contribution in [0.2, 0.25) is 0 Å². The van der Waals surface area contributed by atoms with Crippen LogP contribution in [0.25, 0.3) is 33.8 Å². The second kappa shape index (κ2) is 4.31. The molecule has 4 rings (SSSR count). The van der Waals surface area contributed by atoms with Gasteiger partial charge in [0.2, 0.25) is 12.2 Å². The van der Waals surface area contributed by atoms with Crippen molar-refractivity contribution in [1.29, 1.82) is 0 Å². The van der Waals surface area contributed by atoms with Crippen molar-refractivity contribution in [2.24, 2.45) is 0 Å². The van der Waals surface area contributed by atoms with Gasteiger partial charge in [-0.2, -0.15) is 4.98 Å². The number of aromatic amines is 1. The summed E-state index contributed by atoms with van der Waals surface area (Å²) in [4.78, 5) is 11.9. The van der Waals surface area contributed by atoms with Gasteiger partial charge < -0.3 is 9.51 Å². The van der Waals surface area contributed by atoms with Gasteiger partial charge in [-0.25, -0.2) is 4.98 Å². The summed E-state index contributed by atoms with van der Waals surface area (Å²) in [6, 6.07) is 15.9. The summed E-state index contributed by atoms with van der Waals surface area (Å²) in [7, 11) is 0. The van der Waals surface area contributed by atoms with Gasteiger partial charge in [0.05, 0.1) is 11.0 Å². The maximum Gasteiger partial charge on any atom is 0.214 e. The van der Waals surface area contributed by atoms with E-state index in [4.69, 9.17) is 4.52 Å². The van der Waals surface area contributed by atoms with Gasteiger partial charge in [-0.15, -0.1) is 0 Å². The molecule has 0 aliphatic rings. The van der Waals surface area contributed by atoms with Crippen molar-refractivity contribution < 1.29 is 4.52 Å². The fraction of sp³-hybridized carbons (Fsp3) is 0. The third-order valence-corrected chi connectivity index (χ3v) is 3.17. The van der Waals surface area contributed by atoms with E-state index in [0.717, 1.165) is 28.0 Å². The standard InChI is InChI=1S/C15H10N4O/c1-2-4-13-12(3-1)17-15(18-13)11-7-5-10(6-8-11)14-16-9-20-19-14/h1-9H,(H,17,18). The van der Waals surface area contributed by atoms with E-state index < -0.39 is 0 Å². The minimum Gasteiger partial charge on any atom is -0.342 e. The Morgan fingerprint density at radius 2 is 1.70 bits per heavy atom. The van der Waals surface area contributed by atoms with Gasteiger partial charge in [-0.05, 0) is 12.1 Å². The number of nitrogens with one attached hydrogen (secondary N) is 1. The van der Waals surface area contributed by atoms with E-state index >= 15 is 0 Å². The van der Waals surface area contributed by atoms with Crippen LogP contribution in [0.1, 0.15) is 0 Å². The molecule has 0 unspecified atom stereocenters. The lowest BCUT2D eigenvalue weighted by molar-refractivity contribution is 0.419. The summed E-state index contributed by atoms with van der Waals surface area (Å²) >= 11 is 0. The predicted molar refractivity (Wildman–Crippen MR) is 74.8 cm³/mol. The first-order chi connectivity index (χ1) is 9.90. The largest absolute Gasteiger partial charge is 0.342 e. The molecule has 5 nitrogen and oxygen atoms in total. The molecular formula is C15H10N4O. The number of imidazole rings is 1. The van der Waals surface area contributed by atoms with Crippen molar-refractivity contribution in [1.82, 2.24) is 20.1 Å². The van der Waals surface area contributed by atoms with E-state index in [1.807, 2.05) is 48.5 Å². The van der Waals surface area contributed by atoms with Crippen LogP contribution >= 0.6 is 0 Å². The number of hydrogen-bond acceptors (Lipinski definition) is 4. The number of para-hydroxylation sites is 2. The first kappa shape index (κ1) is 10.9. The Morgan fingerprint density at radius 3 is 2.45 bits per heavy atom. The van der Waals surface area contributed by atoms with E-state index in [0.29, 0.717) is 5.82 Å². The number of H-pyrrole nitrogens is 1. The Hall–Kier alpha value is -2.95. The van der Waals surface area contributed by atoms with Crippen LogP contribution in [0, 0.1) is 0 Å². The zero-order valence-corrected chi connectivity index (χ0v) is 10.4. The normalized spacial score (nSPS) is 11.0. The number of fused-ring (bicyclic) bond motifs is 1. The fourth-order valence-corrected chi connectivity index (χ4v) is 2.16. The van der Waals surface area contributed by atoms with Gasteiger partial charge in [0.1, 0.15) is 5.82 Å². The molecule has 2 aromatic carbocycles. The number of nitrogens with zero attached hydrogens (tertiary/aromatic N) is 3. The van der Waals surface area contributed by atoms with Crippen LogP contribution in [0.15, 0.2) is 59.4 Å². The summed E-state index contributed by atoms with van der Waals surface area (Å²) in [6.07, 6.45) is 1.32. The van der Waals surface area contributed by atoms with Gasteiger partial charge >= 0.3 is 0 Å². The zero-order valence-electron chi connectivity index (χ0n) is 10.4. The Morgan fingerprint density at radius 1 is 0.900 bits per heavy atom. The zero-order chi connectivity index (χ0) is 13.4. The van der Waals surface area contributed by atoms with E-state index in [1.54, 1.807) is 0 Å². The molecule has 0 radical (unpaired) electrons. The summed E-state index contributed by atoms with van der Waals surface area (Å²) in [6.45, 7) is 0. The van der Waals surface area contributed by atoms with Crippen molar-refractivity contribution in [2.45, 2.75) is 0 Å². The number of hydrogen-bond donors (Lipinski definition) is 1. The molecule has 0 atom stereocenters. The third-order valence-electron chi connectivity index (χ3n) is 3.17. The highest BCUT2D eigenvalue weighted by Crippen LogP contribution is 2.23. The van der Waals surface area contributed by atoms with Crippen LogP contribution in [0.5, 0.6) is 0 Å². The molecule has 1 N–H and O–H groups in total. The van der Waals surface area contributed by atoms with E-state index in [2.05, 4.69) is 20.1 Å². The third kappa shape index (κ3) is 1.76. The van der Waals surface area contributed by atoms with Gasteiger partial charge in [0.15, 0.2) is 0 Å². The molecule has 4 aromatic rings. The first-order valence-corrected chi connectivity index (χ1v) is 6.22. The van der Waals surface area contributed by atoms with Crippen molar-refractivity contribution in [2.75, 3.05) is 0 Å². The van der Waals surface area contributed by atoms with Crippen molar-refractivity contribution in [3.8, 4) is 22.8 Å². The molecule has 5 heteroatoms. The maximum absolute atomic E-state index is 4.74. The molecule has 0 aliphatic carbocycles. The van der Waals surface area contributed by atoms with Gasteiger partial charge in [0, 0.05) is 11.1 Å². The highest BCUT2D eigenvalue weighted by molar-refractivity contribution is 5.79. The number of rotatable bonds is 2. The lowest BCUT2D eigenvalue weighted by atomic mass is 10.1. The lowest BCUT2D eigenvalue weighted by Gasteiger charge is -1.98. The van der Waals surface area contributed by atoms with Gasteiger partial charge in [-0.3, -0.25) is 0 Å². The Bertz CT molecular complexity index is 814. The van der Waals surface area contributed by atoms with Crippen molar-refractivity contribution >= 4 is 11.0 Å². The van der Waals surface area contributed by atoms with Crippen molar-refractivity contribution in [3.05, 3.63) is 54.9 Å². The fourth-order valence-electron chi connectivity index (χ4n) is 2.16. The average molecular weight is 262 g/mol. The van der Waals surface area contributed by atoms with E-state index in [1.165, 1.54) is 6.39 Å². The molecule has 0 bridgehead atoms. The second-order valence-corrected chi connectivity index (χ2v) is 4.43. The van der Waals surface area contributed by atoms with Crippen LogP contribution in [0.4, 0.5) is 0 Å². The van der Waals surface area contributed by atoms with Crippen LogP contribution in [-0.2, 0) is 0 Å². The molecule has 2 aromatic heterocycles. The molecule has 20 heavy (non-hydrogen) atoms.